The number of carbonyl (C=O) groups is 2. The third-order valence-corrected chi connectivity index (χ3v) is 3.97. The number of amides is 2. The van der Waals surface area contributed by atoms with Crippen LogP contribution in [0.15, 0.2) is 5.16 Å². The van der Waals surface area contributed by atoms with Crippen LogP contribution in [0.2, 0.25) is 0 Å². The van der Waals surface area contributed by atoms with E-state index in [1.54, 1.807) is 0 Å². The van der Waals surface area contributed by atoms with Crippen LogP contribution >= 0.6 is 11.8 Å². The molecule has 1 saturated carbocycles. The Bertz CT molecular complexity index is 467. The number of aromatic amines is 1. The van der Waals surface area contributed by atoms with Crippen molar-refractivity contribution >= 4 is 23.6 Å². The molecule has 0 radical (unpaired) electrons. The minimum Gasteiger partial charge on any atom is -0.282 e. The Morgan fingerprint density at radius 2 is 2.00 bits per heavy atom. The van der Waals surface area contributed by atoms with E-state index >= 15 is 0 Å². The molecule has 1 saturated heterocycles. The van der Waals surface area contributed by atoms with Gasteiger partial charge in [-0.15, -0.1) is 5.10 Å². The van der Waals surface area contributed by atoms with Crippen molar-refractivity contribution in [2.45, 2.75) is 36.8 Å². The van der Waals surface area contributed by atoms with E-state index in [-0.39, 0.29) is 11.8 Å². The number of hydrogen-bond donors (Lipinski definition) is 1. The first-order chi connectivity index (χ1) is 8.74. The Kier molecular flexibility index (Phi) is 3.07. The number of imide groups is 1. The third kappa shape index (κ3) is 2.40. The third-order valence-electron chi connectivity index (χ3n) is 3.15. The van der Waals surface area contributed by atoms with Gasteiger partial charge in [0.25, 0.3) is 0 Å². The predicted molar refractivity (Wildman–Crippen MR) is 65.0 cm³/mol. The molecule has 3 rings (SSSR count). The van der Waals surface area contributed by atoms with Crippen LogP contribution in [0, 0.1) is 0 Å². The molecule has 0 bridgehead atoms. The summed E-state index contributed by atoms with van der Waals surface area (Å²) in [5, 5.41) is 7.76. The molecular weight excluding hydrogens is 252 g/mol. The van der Waals surface area contributed by atoms with Gasteiger partial charge < -0.3 is 0 Å². The quantitative estimate of drug-likeness (QED) is 0.633. The topological polar surface area (TPSA) is 79.0 Å². The van der Waals surface area contributed by atoms with Gasteiger partial charge in [-0.05, 0) is 12.8 Å². The number of nitrogens with zero attached hydrogens (tertiary/aromatic N) is 3. The van der Waals surface area contributed by atoms with Crippen LogP contribution in [0.1, 0.15) is 37.4 Å². The minimum absolute atomic E-state index is 0.0609. The second kappa shape index (κ2) is 4.72. The zero-order valence-electron chi connectivity index (χ0n) is 9.89. The number of rotatable bonds is 5. The summed E-state index contributed by atoms with van der Waals surface area (Å²) in [6.07, 6.45) is 3.10. The van der Waals surface area contributed by atoms with E-state index in [9.17, 15) is 9.59 Å². The normalized spacial score (nSPS) is 19.9. The fraction of sp³-hybridized carbons (Fsp3) is 0.636. The minimum atomic E-state index is -0.0609. The molecule has 6 nitrogen and oxygen atoms in total. The lowest BCUT2D eigenvalue weighted by Gasteiger charge is -2.11. The van der Waals surface area contributed by atoms with Gasteiger partial charge in [-0.2, -0.15) is 0 Å². The van der Waals surface area contributed by atoms with Crippen LogP contribution in [-0.2, 0) is 9.59 Å². The summed E-state index contributed by atoms with van der Waals surface area (Å²) < 4.78 is 0. The summed E-state index contributed by atoms with van der Waals surface area (Å²) in [5.41, 5.74) is 0. The highest BCUT2D eigenvalue weighted by atomic mass is 32.2. The molecule has 1 aromatic rings. The Balaban J connectivity index is 1.48. The van der Waals surface area contributed by atoms with E-state index < -0.39 is 0 Å². The second-order valence-electron chi connectivity index (χ2n) is 4.57. The molecule has 18 heavy (non-hydrogen) atoms. The first-order valence-corrected chi connectivity index (χ1v) is 7.11. The Morgan fingerprint density at radius 3 is 2.67 bits per heavy atom. The maximum absolute atomic E-state index is 11.4. The van der Waals surface area contributed by atoms with Crippen molar-refractivity contribution in [3.63, 3.8) is 0 Å². The van der Waals surface area contributed by atoms with Crippen LogP contribution in [0.5, 0.6) is 0 Å². The molecule has 0 aromatic carbocycles. The summed E-state index contributed by atoms with van der Waals surface area (Å²) in [5.74, 6) is 2.06. The molecular formula is C11H14N4O2S. The molecule has 2 heterocycles. The molecule has 1 aromatic heterocycles. The lowest BCUT2D eigenvalue weighted by molar-refractivity contribution is -0.137. The molecule has 0 unspecified atom stereocenters. The molecule has 7 heteroatoms. The number of likely N-dealkylation sites (tertiary alicyclic amines) is 1. The number of thioether (sulfide) groups is 1. The van der Waals surface area contributed by atoms with Gasteiger partial charge >= 0.3 is 0 Å². The van der Waals surface area contributed by atoms with E-state index in [4.69, 9.17) is 0 Å². The van der Waals surface area contributed by atoms with Crippen molar-refractivity contribution in [3.05, 3.63) is 5.82 Å². The molecule has 0 spiro atoms. The average molecular weight is 266 g/mol. The zero-order chi connectivity index (χ0) is 12.5. The van der Waals surface area contributed by atoms with Crippen LogP contribution in [0.25, 0.3) is 0 Å². The highest BCUT2D eigenvalue weighted by molar-refractivity contribution is 7.99. The average Bonchev–Trinajstić information content (AvgIpc) is 3.03. The summed E-state index contributed by atoms with van der Waals surface area (Å²) in [6, 6.07) is 0. The van der Waals surface area contributed by atoms with Crippen molar-refractivity contribution in [1.29, 1.82) is 0 Å². The van der Waals surface area contributed by atoms with Gasteiger partial charge in [0.05, 0.1) is 0 Å². The standard InChI is InChI=1S/C11H14N4O2S/c16-8-3-4-9(17)15(8)5-6-18-11-12-10(13-14-11)7-1-2-7/h7H,1-6H2,(H,12,13,14). The number of nitrogens with one attached hydrogen (secondary N) is 1. The zero-order valence-corrected chi connectivity index (χ0v) is 10.7. The first kappa shape index (κ1) is 11.7. The van der Waals surface area contributed by atoms with E-state index in [0.29, 0.717) is 36.2 Å². The molecule has 0 atom stereocenters. The Labute approximate surface area is 109 Å². The van der Waals surface area contributed by atoms with Gasteiger partial charge in [0.1, 0.15) is 5.82 Å². The molecule has 1 N–H and O–H groups in total. The fourth-order valence-electron chi connectivity index (χ4n) is 1.96. The predicted octanol–water partition coefficient (Wildman–Crippen LogP) is 0.923. The van der Waals surface area contributed by atoms with Gasteiger partial charge in [0.2, 0.25) is 17.0 Å². The summed E-state index contributed by atoms with van der Waals surface area (Å²) in [7, 11) is 0. The maximum atomic E-state index is 11.4. The van der Waals surface area contributed by atoms with Gasteiger partial charge in [-0.1, -0.05) is 11.8 Å². The molecule has 2 aliphatic rings. The van der Waals surface area contributed by atoms with E-state index in [1.165, 1.54) is 29.5 Å². The summed E-state index contributed by atoms with van der Waals surface area (Å²) in [4.78, 5) is 28.5. The number of aromatic nitrogens is 3. The monoisotopic (exact) mass is 266 g/mol. The maximum Gasteiger partial charge on any atom is 0.229 e. The lowest BCUT2D eigenvalue weighted by Crippen LogP contribution is -2.31. The summed E-state index contributed by atoms with van der Waals surface area (Å²) >= 11 is 1.48. The number of carbonyl (C=O) groups excluding carboxylic acids is 2. The largest absolute Gasteiger partial charge is 0.282 e. The van der Waals surface area contributed by atoms with Crippen LogP contribution in [0.4, 0.5) is 0 Å². The Hall–Kier alpha value is -1.37. The fourth-order valence-corrected chi connectivity index (χ4v) is 2.69. The molecule has 2 fully saturated rings. The Morgan fingerprint density at radius 1 is 1.28 bits per heavy atom. The van der Waals surface area contributed by atoms with E-state index in [0.717, 1.165) is 5.82 Å². The number of H-pyrrole nitrogens is 1. The lowest BCUT2D eigenvalue weighted by atomic mass is 10.4. The number of hydrogen-bond acceptors (Lipinski definition) is 5. The van der Waals surface area contributed by atoms with Crippen LogP contribution < -0.4 is 0 Å². The van der Waals surface area contributed by atoms with Crippen molar-refractivity contribution in [2.75, 3.05) is 12.3 Å². The van der Waals surface area contributed by atoms with Gasteiger partial charge in [-0.3, -0.25) is 19.6 Å². The smallest absolute Gasteiger partial charge is 0.229 e. The van der Waals surface area contributed by atoms with Gasteiger partial charge in [0.15, 0.2) is 0 Å². The van der Waals surface area contributed by atoms with Crippen molar-refractivity contribution < 1.29 is 9.59 Å². The van der Waals surface area contributed by atoms with Crippen molar-refractivity contribution in [2.24, 2.45) is 0 Å². The highest BCUT2D eigenvalue weighted by Crippen LogP contribution is 2.38. The van der Waals surface area contributed by atoms with Crippen molar-refractivity contribution in [1.82, 2.24) is 20.1 Å². The van der Waals surface area contributed by atoms with E-state index in [1.807, 2.05) is 0 Å². The molecule has 1 aliphatic heterocycles. The van der Waals surface area contributed by atoms with Crippen LogP contribution in [-0.4, -0.2) is 44.2 Å². The molecule has 2 amide bonds. The second-order valence-corrected chi connectivity index (χ2v) is 5.63. The van der Waals surface area contributed by atoms with Gasteiger partial charge in [0, 0.05) is 31.1 Å². The van der Waals surface area contributed by atoms with E-state index in [2.05, 4.69) is 15.2 Å². The SMILES string of the molecule is O=C1CCC(=O)N1CCSc1n[nH]c(C2CC2)n1. The molecule has 1 aliphatic carbocycles. The van der Waals surface area contributed by atoms with Crippen molar-refractivity contribution in [3.8, 4) is 0 Å². The van der Waals surface area contributed by atoms with Gasteiger partial charge in [-0.25, -0.2) is 4.98 Å². The molecule has 96 valence electrons. The van der Waals surface area contributed by atoms with Crippen LogP contribution in [0.3, 0.4) is 0 Å². The first-order valence-electron chi connectivity index (χ1n) is 6.12. The summed E-state index contributed by atoms with van der Waals surface area (Å²) in [6.45, 7) is 0.454. The highest BCUT2D eigenvalue weighted by Gasteiger charge is 2.29.